The second-order valence-corrected chi connectivity index (χ2v) is 6.53. The van der Waals surface area contributed by atoms with E-state index in [0.29, 0.717) is 18.6 Å². The Morgan fingerprint density at radius 1 is 1.36 bits per heavy atom. The van der Waals surface area contributed by atoms with E-state index in [4.69, 9.17) is 5.11 Å². The standard InChI is InChI=1S/C15H16N2O3S2/c18-13(4-5-14-16-6-7-22-14)17-12-3-1-2-11(8-12)9-21-10-15(19)20/h1-3,6-8H,4-5,9-10H2,(H,17,18)(H,19,20). The molecule has 1 aromatic heterocycles. The summed E-state index contributed by atoms with van der Waals surface area (Å²) in [5.41, 5.74) is 1.72. The van der Waals surface area contributed by atoms with E-state index in [1.807, 2.05) is 29.6 Å². The highest BCUT2D eigenvalue weighted by Gasteiger charge is 2.05. The summed E-state index contributed by atoms with van der Waals surface area (Å²) >= 11 is 2.87. The number of rotatable bonds is 8. The Labute approximate surface area is 136 Å². The van der Waals surface area contributed by atoms with Gasteiger partial charge in [0.15, 0.2) is 0 Å². The van der Waals surface area contributed by atoms with Gasteiger partial charge in [0.2, 0.25) is 5.91 Å². The zero-order valence-electron chi connectivity index (χ0n) is 11.8. The van der Waals surface area contributed by atoms with Crippen LogP contribution >= 0.6 is 23.1 Å². The number of thiazole rings is 1. The van der Waals surface area contributed by atoms with Gasteiger partial charge >= 0.3 is 5.97 Å². The van der Waals surface area contributed by atoms with Gasteiger partial charge in [-0.05, 0) is 17.7 Å². The lowest BCUT2D eigenvalue weighted by molar-refractivity contribution is -0.133. The predicted molar refractivity (Wildman–Crippen MR) is 89.3 cm³/mol. The summed E-state index contributed by atoms with van der Waals surface area (Å²) in [6.45, 7) is 0. The van der Waals surface area contributed by atoms with Gasteiger partial charge in [-0.15, -0.1) is 23.1 Å². The lowest BCUT2D eigenvalue weighted by Crippen LogP contribution is -2.12. The van der Waals surface area contributed by atoms with Crippen LogP contribution in [0.25, 0.3) is 0 Å². The van der Waals surface area contributed by atoms with Crippen molar-refractivity contribution in [2.24, 2.45) is 0 Å². The summed E-state index contributed by atoms with van der Waals surface area (Å²) in [4.78, 5) is 26.5. The van der Waals surface area contributed by atoms with Gasteiger partial charge in [-0.2, -0.15) is 0 Å². The van der Waals surface area contributed by atoms with Crippen LogP contribution in [0.5, 0.6) is 0 Å². The monoisotopic (exact) mass is 336 g/mol. The number of carboxylic acids is 1. The highest BCUT2D eigenvalue weighted by Crippen LogP contribution is 2.17. The van der Waals surface area contributed by atoms with E-state index in [1.165, 1.54) is 11.8 Å². The molecular weight excluding hydrogens is 320 g/mol. The number of benzene rings is 1. The number of carbonyl (C=O) groups is 2. The number of hydrogen-bond acceptors (Lipinski definition) is 5. The third kappa shape index (κ3) is 5.87. The minimum absolute atomic E-state index is 0.0504. The third-order valence-electron chi connectivity index (χ3n) is 2.75. The van der Waals surface area contributed by atoms with E-state index in [9.17, 15) is 9.59 Å². The van der Waals surface area contributed by atoms with E-state index in [1.54, 1.807) is 17.5 Å². The third-order valence-corrected chi connectivity index (χ3v) is 4.58. The molecule has 22 heavy (non-hydrogen) atoms. The van der Waals surface area contributed by atoms with Crippen molar-refractivity contribution in [3.63, 3.8) is 0 Å². The van der Waals surface area contributed by atoms with Gasteiger partial charge < -0.3 is 10.4 Å². The summed E-state index contributed by atoms with van der Waals surface area (Å²) < 4.78 is 0. The Morgan fingerprint density at radius 3 is 2.95 bits per heavy atom. The van der Waals surface area contributed by atoms with Crippen LogP contribution in [-0.4, -0.2) is 27.7 Å². The molecule has 0 atom stereocenters. The molecular formula is C15H16N2O3S2. The molecule has 0 saturated heterocycles. The molecule has 0 spiro atoms. The molecule has 2 N–H and O–H groups in total. The first-order valence-electron chi connectivity index (χ1n) is 6.70. The first-order valence-corrected chi connectivity index (χ1v) is 8.73. The van der Waals surface area contributed by atoms with Crippen molar-refractivity contribution in [2.75, 3.05) is 11.1 Å². The largest absolute Gasteiger partial charge is 0.481 e. The number of carbonyl (C=O) groups excluding carboxylic acids is 1. The maximum absolute atomic E-state index is 11.9. The normalized spacial score (nSPS) is 10.4. The number of amides is 1. The van der Waals surface area contributed by atoms with Crippen LogP contribution in [0.1, 0.15) is 17.0 Å². The second-order valence-electron chi connectivity index (χ2n) is 4.56. The van der Waals surface area contributed by atoms with Gasteiger partial charge in [-0.1, -0.05) is 12.1 Å². The molecule has 0 saturated carbocycles. The number of carboxylic acid groups (broad SMARTS) is 1. The summed E-state index contributed by atoms with van der Waals surface area (Å²) in [5.74, 6) is -0.193. The quantitative estimate of drug-likeness (QED) is 0.774. The number of anilines is 1. The van der Waals surface area contributed by atoms with Gasteiger partial charge in [-0.3, -0.25) is 9.59 Å². The lowest BCUT2D eigenvalue weighted by atomic mass is 10.2. The molecule has 1 heterocycles. The van der Waals surface area contributed by atoms with Crippen molar-refractivity contribution in [2.45, 2.75) is 18.6 Å². The molecule has 0 aliphatic rings. The number of aromatic nitrogens is 1. The van der Waals surface area contributed by atoms with E-state index < -0.39 is 5.97 Å². The molecule has 0 fully saturated rings. The fourth-order valence-corrected chi connectivity index (χ4v) is 3.13. The highest BCUT2D eigenvalue weighted by atomic mass is 32.2. The first-order chi connectivity index (χ1) is 10.6. The maximum atomic E-state index is 11.9. The van der Waals surface area contributed by atoms with E-state index in [2.05, 4.69) is 10.3 Å². The Bertz CT molecular complexity index is 629. The zero-order valence-corrected chi connectivity index (χ0v) is 13.5. The van der Waals surface area contributed by atoms with Crippen molar-refractivity contribution in [1.29, 1.82) is 0 Å². The van der Waals surface area contributed by atoms with Crippen LogP contribution in [0.15, 0.2) is 35.8 Å². The Morgan fingerprint density at radius 2 is 2.23 bits per heavy atom. The molecule has 116 valence electrons. The molecule has 7 heteroatoms. The topological polar surface area (TPSA) is 79.3 Å². The molecule has 0 aliphatic carbocycles. The summed E-state index contributed by atoms with van der Waals surface area (Å²) in [5, 5.41) is 14.3. The summed E-state index contributed by atoms with van der Waals surface area (Å²) in [6, 6.07) is 7.47. The van der Waals surface area contributed by atoms with Crippen LogP contribution in [0.3, 0.4) is 0 Å². The van der Waals surface area contributed by atoms with Gasteiger partial charge in [0.05, 0.1) is 10.8 Å². The Kier molecular flexibility index (Phi) is 6.42. The Hall–Kier alpha value is -1.86. The van der Waals surface area contributed by atoms with Crippen LogP contribution in [-0.2, 0) is 21.8 Å². The number of hydrogen-bond donors (Lipinski definition) is 2. The molecule has 1 amide bonds. The fraction of sp³-hybridized carbons (Fsp3) is 0.267. The molecule has 5 nitrogen and oxygen atoms in total. The number of aryl methyl sites for hydroxylation is 1. The van der Waals surface area contributed by atoms with Gasteiger partial charge in [0.1, 0.15) is 0 Å². The van der Waals surface area contributed by atoms with E-state index >= 15 is 0 Å². The SMILES string of the molecule is O=C(O)CSCc1cccc(NC(=O)CCc2nccs2)c1. The summed E-state index contributed by atoms with van der Waals surface area (Å²) in [7, 11) is 0. The van der Waals surface area contributed by atoms with Crippen molar-refractivity contribution < 1.29 is 14.7 Å². The van der Waals surface area contributed by atoms with Crippen molar-refractivity contribution in [3.8, 4) is 0 Å². The highest BCUT2D eigenvalue weighted by molar-refractivity contribution is 7.99. The molecule has 0 aliphatic heterocycles. The first kappa shape index (κ1) is 16.5. The average molecular weight is 336 g/mol. The van der Waals surface area contributed by atoms with E-state index in [-0.39, 0.29) is 11.7 Å². The molecule has 2 rings (SSSR count). The van der Waals surface area contributed by atoms with Crippen LogP contribution < -0.4 is 5.32 Å². The van der Waals surface area contributed by atoms with Gasteiger partial charge in [0, 0.05) is 35.9 Å². The number of thioether (sulfide) groups is 1. The van der Waals surface area contributed by atoms with Gasteiger partial charge in [0.25, 0.3) is 0 Å². The predicted octanol–water partition coefficient (Wildman–Crippen LogP) is 3.03. The molecule has 0 unspecified atom stereocenters. The minimum Gasteiger partial charge on any atom is -0.481 e. The zero-order chi connectivity index (χ0) is 15.8. The van der Waals surface area contributed by atoms with Crippen molar-refractivity contribution >= 4 is 40.7 Å². The smallest absolute Gasteiger partial charge is 0.313 e. The fourth-order valence-electron chi connectivity index (χ4n) is 1.82. The lowest BCUT2D eigenvalue weighted by Gasteiger charge is -2.07. The maximum Gasteiger partial charge on any atom is 0.313 e. The minimum atomic E-state index is -0.823. The van der Waals surface area contributed by atoms with E-state index in [0.717, 1.165) is 16.3 Å². The van der Waals surface area contributed by atoms with Crippen molar-refractivity contribution in [3.05, 3.63) is 46.4 Å². The number of nitrogens with zero attached hydrogens (tertiary/aromatic N) is 1. The molecule has 0 bridgehead atoms. The Balaban J connectivity index is 1.81. The molecule has 2 aromatic rings. The molecule has 0 radical (unpaired) electrons. The van der Waals surface area contributed by atoms with Crippen LogP contribution in [0, 0.1) is 0 Å². The van der Waals surface area contributed by atoms with Gasteiger partial charge in [-0.25, -0.2) is 4.98 Å². The summed E-state index contributed by atoms with van der Waals surface area (Å²) in [6.07, 6.45) is 2.76. The van der Waals surface area contributed by atoms with Crippen LogP contribution in [0.4, 0.5) is 5.69 Å². The van der Waals surface area contributed by atoms with Crippen molar-refractivity contribution in [1.82, 2.24) is 4.98 Å². The average Bonchev–Trinajstić information content (AvgIpc) is 2.98. The molecule has 1 aromatic carbocycles. The van der Waals surface area contributed by atoms with Crippen LogP contribution in [0.2, 0.25) is 0 Å². The number of nitrogens with one attached hydrogen (secondary N) is 1. The second kappa shape index (κ2) is 8.55. The number of aliphatic carboxylic acids is 1.